The van der Waals surface area contributed by atoms with Crippen LogP contribution < -0.4 is 5.46 Å². The number of benzene rings is 1. The molecule has 0 aliphatic rings. The molecule has 0 saturated heterocycles. The molecule has 0 bridgehead atoms. The molecule has 1 nitrogen and oxygen atoms in total. The van der Waals surface area contributed by atoms with Crippen LogP contribution in [0.25, 0.3) is 11.3 Å². The summed E-state index contributed by atoms with van der Waals surface area (Å²) in [7, 11) is 1.99. The van der Waals surface area contributed by atoms with Gasteiger partial charge in [-0.25, -0.2) is 4.39 Å². The van der Waals surface area contributed by atoms with E-state index in [1.54, 1.807) is 18.3 Å². The molecular weight excluding hydrogens is 176 g/mol. The zero-order valence-corrected chi connectivity index (χ0v) is 7.87. The van der Waals surface area contributed by atoms with E-state index in [-0.39, 0.29) is 5.82 Å². The van der Waals surface area contributed by atoms with Crippen molar-refractivity contribution in [1.29, 1.82) is 0 Å². The molecule has 1 heterocycles. The fraction of sp³-hybridized carbons (Fsp3) is 0. The van der Waals surface area contributed by atoms with E-state index in [2.05, 4.69) is 4.98 Å². The van der Waals surface area contributed by atoms with Gasteiger partial charge in [0, 0.05) is 6.20 Å². The Morgan fingerprint density at radius 3 is 2.43 bits per heavy atom. The molecule has 0 aliphatic heterocycles. The summed E-state index contributed by atoms with van der Waals surface area (Å²) in [5.74, 6) is -0.220. The molecule has 0 amide bonds. The first-order valence-corrected chi connectivity index (χ1v) is 4.45. The van der Waals surface area contributed by atoms with Gasteiger partial charge in [0.05, 0.1) is 5.69 Å². The molecule has 0 saturated carbocycles. The molecule has 2 aromatic rings. The van der Waals surface area contributed by atoms with Gasteiger partial charge in [0.15, 0.2) is 0 Å². The monoisotopic (exact) mass is 185 g/mol. The van der Waals surface area contributed by atoms with E-state index in [4.69, 9.17) is 0 Å². The Morgan fingerprint density at radius 1 is 1.07 bits per heavy atom. The fourth-order valence-corrected chi connectivity index (χ4v) is 1.40. The van der Waals surface area contributed by atoms with Gasteiger partial charge in [0.25, 0.3) is 0 Å². The Morgan fingerprint density at radius 2 is 1.79 bits per heavy atom. The number of hydrogen-bond acceptors (Lipinski definition) is 1. The SMILES string of the molecule is Bc1cccnc1-c1ccc(F)cc1. The quantitative estimate of drug-likeness (QED) is 0.607. The smallest absolute Gasteiger partial charge is 0.142 e. The maximum Gasteiger partial charge on any atom is 0.142 e. The standard InChI is InChI=1S/C11H9BFN/c12-10-2-1-7-14-11(10)8-3-5-9(13)6-4-8/h1-7H,12H2. The molecule has 3 heteroatoms. The van der Waals surface area contributed by atoms with E-state index < -0.39 is 0 Å². The van der Waals surface area contributed by atoms with Crippen molar-refractivity contribution in [3.63, 3.8) is 0 Å². The van der Waals surface area contributed by atoms with E-state index in [1.807, 2.05) is 20.0 Å². The molecule has 0 spiro atoms. The Kier molecular flexibility index (Phi) is 2.31. The molecule has 68 valence electrons. The molecule has 0 aliphatic carbocycles. The van der Waals surface area contributed by atoms with Crippen LogP contribution in [0, 0.1) is 5.82 Å². The van der Waals surface area contributed by atoms with Crippen LogP contribution in [0.15, 0.2) is 42.6 Å². The average molecular weight is 185 g/mol. The summed E-state index contributed by atoms with van der Waals surface area (Å²) in [5, 5.41) is 0. The van der Waals surface area contributed by atoms with Crippen molar-refractivity contribution in [1.82, 2.24) is 4.98 Å². The predicted octanol–water partition coefficient (Wildman–Crippen LogP) is 1.15. The zero-order valence-electron chi connectivity index (χ0n) is 7.87. The van der Waals surface area contributed by atoms with Gasteiger partial charge in [-0.1, -0.05) is 11.5 Å². The van der Waals surface area contributed by atoms with E-state index >= 15 is 0 Å². The molecule has 0 fully saturated rings. The van der Waals surface area contributed by atoms with Gasteiger partial charge < -0.3 is 0 Å². The van der Waals surface area contributed by atoms with Crippen molar-refractivity contribution in [2.24, 2.45) is 0 Å². The molecule has 1 aromatic heterocycles. The second-order valence-electron chi connectivity index (χ2n) is 3.18. The number of nitrogens with zero attached hydrogens (tertiary/aromatic N) is 1. The Labute approximate surface area is 83.0 Å². The van der Waals surface area contributed by atoms with Crippen molar-refractivity contribution in [3.8, 4) is 11.3 Å². The average Bonchev–Trinajstić information content (AvgIpc) is 2.20. The number of rotatable bonds is 1. The van der Waals surface area contributed by atoms with Gasteiger partial charge in [-0.05, 0) is 35.9 Å². The van der Waals surface area contributed by atoms with E-state index in [0.29, 0.717) is 0 Å². The van der Waals surface area contributed by atoms with Gasteiger partial charge in [-0.15, -0.1) is 0 Å². The Bertz CT molecular complexity index is 439. The minimum atomic E-state index is -0.220. The third-order valence-corrected chi connectivity index (χ3v) is 2.13. The predicted molar refractivity (Wildman–Crippen MR) is 57.8 cm³/mol. The minimum Gasteiger partial charge on any atom is -0.257 e. The fourth-order valence-electron chi connectivity index (χ4n) is 1.40. The Balaban J connectivity index is 2.50. The lowest BCUT2D eigenvalue weighted by Gasteiger charge is -2.03. The van der Waals surface area contributed by atoms with Crippen LogP contribution in [0.1, 0.15) is 0 Å². The molecule has 0 atom stereocenters. The topological polar surface area (TPSA) is 12.9 Å². The van der Waals surface area contributed by atoms with E-state index in [1.165, 1.54) is 12.1 Å². The normalized spacial score (nSPS) is 10.1. The van der Waals surface area contributed by atoms with Crippen LogP contribution in [0.5, 0.6) is 0 Å². The first kappa shape index (κ1) is 8.94. The number of pyridine rings is 1. The summed E-state index contributed by atoms with van der Waals surface area (Å²) >= 11 is 0. The lowest BCUT2D eigenvalue weighted by atomic mass is 9.91. The first-order chi connectivity index (χ1) is 6.77. The van der Waals surface area contributed by atoms with Crippen LogP contribution in [0.3, 0.4) is 0 Å². The highest BCUT2D eigenvalue weighted by Crippen LogP contribution is 2.14. The van der Waals surface area contributed by atoms with Crippen molar-refractivity contribution < 1.29 is 4.39 Å². The highest BCUT2D eigenvalue weighted by atomic mass is 19.1. The molecule has 14 heavy (non-hydrogen) atoms. The molecule has 1 aromatic carbocycles. The molecular formula is C11H9BFN. The number of halogens is 1. The van der Waals surface area contributed by atoms with Gasteiger partial charge in [-0.2, -0.15) is 0 Å². The highest BCUT2D eigenvalue weighted by Gasteiger charge is 2.01. The van der Waals surface area contributed by atoms with Crippen molar-refractivity contribution in [2.75, 3.05) is 0 Å². The third-order valence-electron chi connectivity index (χ3n) is 2.13. The molecule has 0 N–H and O–H groups in total. The highest BCUT2D eigenvalue weighted by molar-refractivity contribution is 6.35. The summed E-state index contributed by atoms with van der Waals surface area (Å²) in [6, 6.07) is 10.3. The van der Waals surface area contributed by atoms with Crippen LogP contribution in [-0.4, -0.2) is 12.8 Å². The first-order valence-electron chi connectivity index (χ1n) is 4.45. The van der Waals surface area contributed by atoms with Crippen LogP contribution in [-0.2, 0) is 0 Å². The van der Waals surface area contributed by atoms with Gasteiger partial charge in [0.2, 0.25) is 0 Å². The Hall–Kier alpha value is -1.64. The second kappa shape index (κ2) is 3.62. The van der Waals surface area contributed by atoms with Crippen molar-refractivity contribution in [2.45, 2.75) is 0 Å². The third kappa shape index (κ3) is 1.67. The van der Waals surface area contributed by atoms with Crippen LogP contribution >= 0.6 is 0 Å². The second-order valence-corrected chi connectivity index (χ2v) is 3.18. The lowest BCUT2D eigenvalue weighted by Crippen LogP contribution is -2.07. The van der Waals surface area contributed by atoms with Crippen molar-refractivity contribution >= 4 is 13.3 Å². The summed E-state index contributed by atoms with van der Waals surface area (Å²) in [4.78, 5) is 4.26. The number of aromatic nitrogens is 1. The maximum absolute atomic E-state index is 12.7. The molecule has 0 unspecified atom stereocenters. The van der Waals surface area contributed by atoms with E-state index in [9.17, 15) is 4.39 Å². The summed E-state index contributed by atoms with van der Waals surface area (Å²) in [5.41, 5.74) is 2.95. The van der Waals surface area contributed by atoms with Crippen LogP contribution in [0.2, 0.25) is 0 Å². The van der Waals surface area contributed by atoms with Crippen LogP contribution in [0.4, 0.5) is 4.39 Å². The summed E-state index contributed by atoms with van der Waals surface area (Å²) < 4.78 is 12.7. The summed E-state index contributed by atoms with van der Waals surface area (Å²) in [6.07, 6.45) is 1.74. The van der Waals surface area contributed by atoms with Gasteiger partial charge >= 0.3 is 0 Å². The van der Waals surface area contributed by atoms with Gasteiger partial charge in [0.1, 0.15) is 13.7 Å². The molecule has 2 rings (SSSR count). The van der Waals surface area contributed by atoms with Gasteiger partial charge in [-0.3, -0.25) is 4.98 Å². The van der Waals surface area contributed by atoms with Crippen molar-refractivity contribution in [3.05, 3.63) is 48.4 Å². The van der Waals surface area contributed by atoms with E-state index in [0.717, 1.165) is 16.7 Å². The lowest BCUT2D eigenvalue weighted by molar-refractivity contribution is 0.628. The number of hydrogen-bond donors (Lipinski definition) is 0. The maximum atomic E-state index is 12.7. The minimum absolute atomic E-state index is 0.220. The molecule has 0 radical (unpaired) electrons. The summed E-state index contributed by atoms with van der Waals surface area (Å²) in [6.45, 7) is 0. The largest absolute Gasteiger partial charge is 0.257 e. The zero-order chi connectivity index (χ0) is 9.97.